The second kappa shape index (κ2) is 11.5. The predicted molar refractivity (Wildman–Crippen MR) is 148 cm³/mol. The number of halogens is 2. The van der Waals surface area contributed by atoms with Crippen LogP contribution in [-0.2, 0) is 13.1 Å². The van der Waals surface area contributed by atoms with E-state index in [1.807, 2.05) is 6.07 Å². The fourth-order valence-electron chi connectivity index (χ4n) is 3.87. The molecule has 0 aliphatic carbocycles. The van der Waals surface area contributed by atoms with Gasteiger partial charge < -0.3 is 19.8 Å². The molecule has 0 unspecified atom stereocenters. The number of amides is 1. The summed E-state index contributed by atoms with van der Waals surface area (Å²) in [4.78, 5) is 39.5. The third kappa shape index (κ3) is 5.87. The van der Waals surface area contributed by atoms with Crippen LogP contribution in [-0.4, -0.2) is 39.1 Å². The summed E-state index contributed by atoms with van der Waals surface area (Å²) in [5.41, 5.74) is 2.07. The van der Waals surface area contributed by atoms with Crippen LogP contribution in [0, 0.1) is 0 Å². The van der Waals surface area contributed by atoms with E-state index >= 15 is 0 Å². The first kappa shape index (κ1) is 26.2. The summed E-state index contributed by atoms with van der Waals surface area (Å²) in [6.45, 7) is 0.663. The number of rotatable bonds is 9. The lowest BCUT2D eigenvalue weighted by molar-refractivity contribution is 0.0924. The van der Waals surface area contributed by atoms with Gasteiger partial charge in [-0.05, 0) is 54.1 Å². The van der Waals surface area contributed by atoms with Gasteiger partial charge in [0, 0.05) is 25.2 Å². The molecule has 0 spiro atoms. The molecule has 3 heterocycles. The van der Waals surface area contributed by atoms with Crippen molar-refractivity contribution in [2.45, 2.75) is 13.1 Å². The van der Waals surface area contributed by atoms with Gasteiger partial charge in [-0.3, -0.25) is 14.2 Å². The molecule has 0 atom stereocenters. The number of benzene rings is 2. The Morgan fingerprint density at radius 2 is 1.90 bits per heavy atom. The SMILES string of the molecule is COc1ccc(-c2nc3cnc(NCc4ccc(Cl)c(Cl)c4)nc3n(CCNC(=O)c3ccco3)c2=O)cc1. The van der Waals surface area contributed by atoms with Gasteiger partial charge in [-0.15, -0.1) is 0 Å². The Labute approximate surface area is 232 Å². The summed E-state index contributed by atoms with van der Waals surface area (Å²) in [7, 11) is 1.57. The van der Waals surface area contributed by atoms with Crippen LogP contribution >= 0.6 is 23.2 Å². The molecular formula is C27H22Cl2N6O4. The van der Waals surface area contributed by atoms with Gasteiger partial charge in [0.2, 0.25) is 5.95 Å². The van der Waals surface area contributed by atoms with E-state index in [1.165, 1.54) is 10.8 Å². The minimum Gasteiger partial charge on any atom is -0.497 e. The van der Waals surface area contributed by atoms with E-state index < -0.39 is 0 Å². The molecule has 1 amide bonds. The fourth-order valence-corrected chi connectivity index (χ4v) is 4.19. The minimum absolute atomic E-state index is 0.136. The third-order valence-electron chi connectivity index (χ3n) is 5.85. The number of ether oxygens (including phenoxy) is 1. The number of methoxy groups -OCH3 is 1. The topological polar surface area (TPSA) is 124 Å². The van der Waals surface area contributed by atoms with Gasteiger partial charge in [0.1, 0.15) is 17.0 Å². The second-order valence-corrected chi connectivity index (χ2v) is 9.20. The second-order valence-electron chi connectivity index (χ2n) is 8.38. The van der Waals surface area contributed by atoms with Crippen LogP contribution in [0.15, 0.2) is 76.3 Å². The highest BCUT2D eigenvalue weighted by atomic mass is 35.5. The number of hydrogen-bond donors (Lipinski definition) is 2. The Kier molecular flexibility index (Phi) is 7.76. The molecule has 5 aromatic rings. The van der Waals surface area contributed by atoms with E-state index in [-0.39, 0.29) is 36.0 Å². The number of anilines is 1. The molecule has 39 heavy (non-hydrogen) atoms. The normalized spacial score (nSPS) is 10.9. The smallest absolute Gasteiger partial charge is 0.287 e. The lowest BCUT2D eigenvalue weighted by Crippen LogP contribution is -2.32. The number of nitrogens with zero attached hydrogens (tertiary/aromatic N) is 4. The summed E-state index contributed by atoms with van der Waals surface area (Å²) in [5.74, 6) is 0.735. The zero-order chi connectivity index (χ0) is 27.4. The number of carbonyl (C=O) groups excluding carboxylic acids is 1. The molecule has 0 saturated carbocycles. The highest BCUT2D eigenvalue weighted by Gasteiger charge is 2.16. The van der Waals surface area contributed by atoms with Crippen LogP contribution in [0.1, 0.15) is 16.1 Å². The van der Waals surface area contributed by atoms with E-state index in [9.17, 15) is 9.59 Å². The Hall–Kier alpha value is -4.41. The third-order valence-corrected chi connectivity index (χ3v) is 6.59. The zero-order valence-electron chi connectivity index (χ0n) is 20.6. The van der Waals surface area contributed by atoms with Crippen LogP contribution < -0.4 is 20.9 Å². The number of hydrogen-bond acceptors (Lipinski definition) is 8. The monoisotopic (exact) mass is 564 g/mol. The molecule has 198 valence electrons. The number of furan rings is 1. The molecule has 5 rings (SSSR count). The van der Waals surface area contributed by atoms with Crippen LogP contribution in [0.25, 0.3) is 22.4 Å². The van der Waals surface area contributed by atoms with Gasteiger partial charge in [0.25, 0.3) is 11.5 Å². The van der Waals surface area contributed by atoms with E-state index in [4.69, 9.17) is 32.4 Å². The van der Waals surface area contributed by atoms with Crippen molar-refractivity contribution >= 4 is 46.2 Å². The van der Waals surface area contributed by atoms with Crippen LogP contribution in [0.4, 0.5) is 5.95 Å². The standard InChI is InChI=1S/C27H22Cl2N6O4/c1-38-18-7-5-17(6-8-18)23-26(37)35(11-10-30-25(36)22-3-2-12-39-22)24-21(33-23)15-32-27(34-24)31-14-16-4-9-19(28)20(29)13-16/h2-9,12-13,15H,10-11,14H2,1H3,(H,30,36)(H,31,32,34). The molecule has 0 saturated heterocycles. The van der Waals surface area contributed by atoms with E-state index in [2.05, 4.69) is 25.6 Å². The number of nitrogens with one attached hydrogen (secondary N) is 2. The van der Waals surface area contributed by atoms with Crippen LogP contribution in [0.5, 0.6) is 5.75 Å². The largest absolute Gasteiger partial charge is 0.497 e. The molecule has 12 heteroatoms. The summed E-state index contributed by atoms with van der Waals surface area (Å²) in [6.07, 6.45) is 2.96. The van der Waals surface area contributed by atoms with Crippen molar-refractivity contribution in [3.05, 3.63) is 98.8 Å². The summed E-state index contributed by atoms with van der Waals surface area (Å²) < 4.78 is 11.8. The summed E-state index contributed by atoms with van der Waals surface area (Å²) >= 11 is 12.1. The molecular weight excluding hydrogens is 543 g/mol. The predicted octanol–water partition coefficient (Wildman–Crippen LogP) is 4.80. The maximum absolute atomic E-state index is 13.6. The Bertz CT molecular complexity index is 1690. The van der Waals surface area contributed by atoms with Gasteiger partial charge in [-0.2, -0.15) is 4.98 Å². The highest BCUT2D eigenvalue weighted by molar-refractivity contribution is 6.42. The average Bonchev–Trinajstić information content (AvgIpc) is 3.50. The number of fused-ring (bicyclic) bond motifs is 1. The zero-order valence-corrected chi connectivity index (χ0v) is 22.2. The van der Waals surface area contributed by atoms with E-state index in [0.717, 1.165) is 5.56 Å². The highest BCUT2D eigenvalue weighted by Crippen LogP contribution is 2.23. The molecule has 0 aliphatic rings. The van der Waals surface area contributed by atoms with Crippen molar-refractivity contribution in [3.8, 4) is 17.0 Å². The molecule has 0 radical (unpaired) electrons. The molecule has 2 aromatic carbocycles. The summed E-state index contributed by atoms with van der Waals surface area (Å²) in [6, 6.07) is 15.5. The molecule has 0 fully saturated rings. The van der Waals surface area contributed by atoms with Gasteiger partial charge in [0.15, 0.2) is 11.4 Å². The van der Waals surface area contributed by atoms with Gasteiger partial charge in [-0.25, -0.2) is 9.97 Å². The van der Waals surface area contributed by atoms with Crippen molar-refractivity contribution in [2.75, 3.05) is 19.0 Å². The maximum atomic E-state index is 13.6. The Morgan fingerprint density at radius 1 is 1.08 bits per heavy atom. The Balaban J connectivity index is 1.47. The first-order valence-electron chi connectivity index (χ1n) is 11.8. The van der Waals surface area contributed by atoms with Crippen molar-refractivity contribution in [3.63, 3.8) is 0 Å². The quantitative estimate of drug-likeness (QED) is 0.261. The fraction of sp³-hybridized carbons (Fsp3) is 0.148. The summed E-state index contributed by atoms with van der Waals surface area (Å²) in [5, 5.41) is 6.80. The molecule has 3 aromatic heterocycles. The van der Waals surface area contributed by atoms with Crippen molar-refractivity contribution in [1.29, 1.82) is 0 Å². The van der Waals surface area contributed by atoms with Crippen LogP contribution in [0.3, 0.4) is 0 Å². The Morgan fingerprint density at radius 3 is 2.62 bits per heavy atom. The molecule has 2 N–H and O–H groups in total. The van der Waals surface area contributed by atoms with Crippen molar-refractivity contribution in [1.82, 2.24) is 24.8 Å². The van der Waals surface area contributed by atoms with Gasteiger partial charge in [-0.1, -0.05) is 29.3 Å². The average molecular weight is 565 g/mol. The molecule has 0 bridgehead atoms. The lowest BCUT2D eigenvalue weighted by Gasteiger charge is -2.13. The maximum Gasteiger partial charge on any atom is 0.287 e. The lowest BCUT2D eigenvalue weighted by atomic mass is 10.1. The minimum atomic E-state index is -0.389. The van der Waals surface area contributed by atoms with Crippen molar-refractivity contribution < 1.29 is 13.9 Å². The van der Waals surface area contributed by atoms with Gasteiger partial charge >= 0.3 is 0 Å². The van der Waals surface area contributed by atoms with E-state index in [0.29, 0.717) is 45.0 Å². The van der Waals surface area contributed by atoms with Crippen molar-refractivity contribution in [2.24, 2.45) is 0 Å². The first-order chi connectivity index (χ1) is 18.9. The number of carbonyl (C=O) groups is 1. The van der Waals surface area contributed by atoms with Crippen LogP contribution in [0.2, 0.25) is 10.0 Å². The van der Waals surface area contributed by atoms with Gasteiger partial charge in [0.05, 0.1) is 29.6 Å². The molecule has 0 aliphatic heterocycles. The first-order valence-corrected chi connectivity index (χ1v) is 12.6. The number of aromatic nitrogens is 4. The van der Waals surface area contributed by atoms with E-state index in [1.54, 1.807) is 61.8 Å². The molecule has 10 nitrogen and oxygen atoms in total.